The fourth-order valence-electron chi connectivity index (χ4n) is 5.12. The molecule has 4 aromatic rings. The summed E-state index contributed by atoms with van der Waals surface area (Å²) in [5.41, 5.74) is 2.65. The van der Waals surface area contributed by atoms with Crippen LogP contribution in [0.3, 0.4) is 0 Å². The van der Waals surface area contributed by atoms with Crippen molar-refractivity contribution in [1.82, 2.24) is 9.55 Å². The van der Waals surface area contributed by atoms with Crippen LogP contribution in [0.25, 0.3) is 0 Å². The Morgan fingerprint density at radius 1 is 0.914 bits per heavy atom. The average Bonchev–Trinajstić information content (AvgIpc) is 3.44. The highest BCUT2D eigenvalue weighted by Gasteiger charge is 2.46. The fraction of sp³-hybridized carbons (Fsp3) is 0.241. The van der Waals surface area contributed by atoms with Gasteiger partial charge in [-0.2, -0.15) is 4.98 Å². The van der Waals surface area contributed by atoms with Crippen molar-refractivity contribution in [2.24, 2.45) is 0 Å². The third kappa shape index (κ3) is 3.75. The molecule has 6 heteroatoms. The number of nitrogens with zero attached hydrogens (tertiary/aromatic N) is 2. The minimum atomic E-state index is -0.799. The van der Waals surface area contributed by atoms with Gasteiger partial charge in [0, 0.05) is 18.2 Å². The predicted octanol–water partition coefficient (Wildman–Crippen LogP) is 4.61. The van der Waals surface area contributed by atoms with Gasteiger partial charge >= 0.3 is 6.01 Å². The van der Waals surface area contributed by atoms with Gasteiger partial charge in [-0.3, -0.25) is 9.36 Å². The molecule has 1 aromatic heterocycles. The van der Waals surface area contributed by atoms with E-state index in [9.17, 15) is 4.79 Å². The number of fused-ring (bicyclic) bond motifs is 3. The number of aromatic nitrogens is 2. The Morgan fingerprint density at radius 2 is 1.46 bits per heavy atom. The SMILES string of the molecule is Cc1cn2c(nc1=O)OC1CC(COC(c3ccccc3)(c3ccccc3)c3ccccc3)OC12. The molecule has 176 valence electrons. The summed E-state index contributed by atoms with van der Waals surface area (Å²) < 4.78 is 21.1. The summed E-state index contributed by atoms with van der Waals surface area (Å²) >= 11 is 0. The van der Waals surface area contributed by atoms with E-state index in [0.717, 1.165) is 16.7 Å². The first-order valence-corrected chi connectivity index (χ1v) is 11.9. The molecule has 35 heavy (non-hydrogen) atoms. The van der Waals surface area contributed by atoms with Crippen LogP contribution in [0.2, 0.25) is 0 Å². The lowest BCUT2D eigenvalue weighted by Crippen LogP contribution is -2.36. The maximum atomic E-state index is 11.9. The van der Waals surface area contributed by atoms with E-state index in [1.807, 2.05) is 59.2 Å². The van der Waals surface area contributed by atoms with Crippen LogP contribution in [-0.4, -0.2) is 28.4 Å². The van der Waals surface area contributed by atoms with E-state index in [-0.39, 0.29) is 24.0 Å². The number of hydrogen-bond acceptors (Lipinski definition) is 5. The van der Waals surface area contributed by atoms with E-state index in [1.165, 1.54) is 0 Å². The minimum absolute atomic E-state index is 0.173. The minimum Gasteiger partial charge on any atom is -0.456 e. The second kappa shape index (κ2) is 8.80. The molecule has 6 nitrogen and oxygen atoms in total. The molecule has 0 bridgehead atoms. The molecule has 3 atom stereocenters. The number of hydrogen-bond donors (Lipinski definition) is 0. The first-order chi connectivity index (χ1) is 17.1. The standard InChI is InChI=1S/C29H26N2O4/c1-20-18-31-27-25(35-28(31)30-26(20)32)17-24(34-27)19-33-29(21-11-5-2-6-12-21,22-13-7-3-8-14-22)23-15-9-4-10-16-23/h2-16,18,24-25,27H,17,19H2,1H3. The van der Waals surface area contributed by atoms with Crippen molar-refractivity contribution in [2.45, 2.75) is 37.4 Å². The van der Waals surface area contributed by atoms with Crippen LogP contribution in [0.1, 0.15) is 34.9 Å². The van der Waals surface area contributed by atoms with Crippen LogP contribution >= 0.6 is 0 Å². The summed E-state index contributed by atoms with van der Waals surface area (Å²) in [7, 11) is 0. The van der Waals surface area contributed by atoms with Gasteiger partial charge in [0.25, 0.3) is 5.56 Å². The van der Waals surface area contributed by atoms with Gasteiger partial charge in [-0.15, -0.1) is 0 Å². The Kier molecular flexibility index (Phi) is 5.47. The Labute approximate surface area is 203 Å². The van der Waals surface area contributed by atoms with Gasteiger partial charge < -0.3 is 14.2 Å². The van der Waals surface area contributed by atoms with Crippen molar-refractivity contribution in [1.29, 1.82) is 0 Å². The molecule has 0 aliphatic carbocycles. The van der Waals surface area contributed by atoms with Gasteiger partial charge in [-0.25, -0.2) is 0 Å². The van der Waals surface area contributed by atoms with Gasteiger partial charge in [0.15, 0.2) is 6.23 Å². The summed E-state index contributed by atoms with van der Waals surface area (Å²) in [6.45, 7) is 2.12. The molecule has 0 radical (unpaired) electrons. The van der Waals surface area contributed by atoms with Gasteiger partial charge in [0.2, 0.25) is 0 Å². The van der Waals surface area contributed by atoms with Crippen molar-refractivity contribution >= 4 is 0 Å². The molecular weight excluding hydrogens is 440 g/mol. The molecule has 0 saturated carbocycles. The first kappa shape index (κ1) is 21.8. The molecule has 0 N–H and O–H groups in total. The Hall–Kier alpha value is -3.74. The quantitative estimate of drug-likeness (QED) is 0.389. The highest BCUT2D eigenvalue weighted by molar-refractivity contribution is 5.47. The van der Waals surface area contributed by atoms with Crippen molar-refractivity contribution in [3.05, 3.63) is 130 Å². The van der Waals surface area contributed by atoms with Crippen molar-refractivity contribution in [2.75, 3.05) is 6.61 Å². The molecule has 1 fully saturated rings. The lowest BCUT2D eigenvalue weighted by atomic mass is 9.80. The van der Waals surface area contributed by atoms with Crippen molar-refractivity contribution in [3.8, 4) is 6.01 Å². The smallest absolute Gasteiger partial charge is 0.302 e. The van der Waals surface area contributed by atoms with Crippen LogP contribution in [0, 0.1) is 6.92 Å². The average molecular weight is 467 g/mol. The summed E-state index contributed by atoms with van der Waals surface area (Å²) in [4.78, 5) is 16.0. The molecule has 6 rings (SSSR count). The van der Waals surface area contributed by atoms with Crippen LogP contribution in [0.4, 0.5) is 0 Å². The number of benzene rings is 3. The van der Waals surface area contributed by atoms with E-state index in [2.05, 4.69) is 41.4 Å². The van der Waals surface area contributed by atoms with E-state index >= 15 is 0 Å². The molecular formula is C29H26N2O4. The summed E-state index contributed by atoms with van der Waals surface area (Å²) in [6, 6.07) is 31.2. The summed E-state index contributed by atoms with van der Waals surface area (Å²) in [6.07, 6.45) is 1.73. The first-order valence-electron chi connectivity index (χ1n) is 11.9. The Bertz CT molecular complexity index is 1280. The maximum absolute atomic E-state index is 11.9. The van der Waals surface area contributed by atoms with E-state index in [1.54, 1.807) is 13.1 Å². The second-order valence-electron chi connectivity index (χ2n) is 9.05. The van der Waals surface area contributed by atoms with Gasteiger partial charge in [-0.05, 0) is 23.6 Å². The third-order valence-electron chi connectivity index (χ3n) is 6.79. The summed E-state index contributed by atoms with van der Waals surface area (Å²) in [5.74, 6) is 0. The van der Waals surface area contributed by atoms with Gasteiger partial charge in [0.1, 0.15) is 11.7 Å². The van der Waals surface area contributed by atoms with Crippen molar-refractivity contribution in [3.63, 3.8) is 0 Å². The zero-order valence-corrected chi connectivity index (χ0v) is 19.4. The molecule has 0 spiro atoms. The van der Waals surface area contributed by atoms with Gasteiger partial charge in [0.05, 0.1) is 12.7 Å². The highest BCUT2D eigenvalue weighted by atomic mass is 16.6. The molecule has 3 heterocycles. The summed E-state index contributed by atoms with van der Waals surface area (Å²) in [5, 5.41) is 0. The molecule has 2 aliphatic heterocycles. The van der Waals surface area contributed by atoms with Crippen LogP contribution in [-0.2, 0) is 15.1 Å². The Morgan fingerprint density at radius 3 is 2.00 bits per heavy atom. The topological polar surface area (TPSA) is 62.6 Å². The third-order valence-corrected chi connectivity index (χ3v) is 6.79. The number of rotatable bonds is 6. The lowest BCUT2D eigenvalue weighted by molar-refractivity contribution is -0.0766. The largest absolute Gasteiger partial charge is 0.456 e. The predicted molar refractivity (Wildman–Crippen MR) is 131 cm³/mol. The lowest BCUT2D eigenvalue weighted by Gasteiger charge is -2.36. The van der Waals surface area contributed by atoms with E-state index in [0.29, 0.717) is 24.6 Å². The van der Waals surface area contributed by atoms with Crippen molar-refractivity contribution < 1.29 is 14.2 Å². The van der Waals surface area contributed by atoms with E-state index < -0.39 is 5.60 Å². The molecule has 3 unspecified atom stereocenters. The molecule has 3 aromatic carbocycles. The number of aryl methyl sites for hydroxylation is 1. The van der Waals surface area contributed by atoms with Gasteiger partial charge in [-0.1, -0.05) is 91.0 Å². The van der Waals surface area contributed by atoms with Crippen LogP contribution in [0.15, 0.2) is 102 Å². The number of ether oxygens (including phenoxy) is 3. The molecule has 2 aliphatic rings. The monoisotopic (exact) mass is 466 g/mol. The molecule has 1 saturated heterocycles. The second-order valence-corrected chi connectivity index (χ2v) is 9.05. The van der Waals surface area contributed by atoms with E-state index in [4.69, 9.17) is 14.2 Å². The molecule has 0 amide bonds. The maximum Gasteiger partial charge on any atom is 0.302 e. The fourth-order valence-corrected chi connectivity index (χ4v) is 5.12. The highest BCUT2D eigenvalue weighted by Crippen LogP contribution is 2.43. The zero-order chi connectivity index (χ0) is 23.8. The van der Waals surface area contributed by atoms with Crippen LogP contribution < -0.4 is 10.3 Å². The normalized spacial score (nSPS) is 20.8. The Balaban J connectivity index is 1.34. The zero-order valence-electron chi connectivity index (χ0n) is 19.4. The van der Waals surface area contributed by atoms with Crippen LogP contribution in [0.5, 0.6) is 6.01 Å².